The van der Waals surface area contributed by atoms with Crippen molar-refractivity contribution in [2.45, 2.75) is 0 Å². The molecule has 1 unspecified atom stereocenters. The minimum atomic E-state index is -3.35. The molecule has 1 rings (SSSR count). The maximum atomic E-state index is 10.7. The number of hydrogen-bond donors (Lipinski definition) is 6. The number of rotatable bonds is 2. The molecule has 1 heterocycles. The Morgan fingerprint density at radius 2 is 1.53 bits per heavy atom. The van der Waals surface area contributed by atoms with Crippen LogP contribution in [0.2, 0.25) is 0 Å². The summed E-state index contributed by atoms with van der Waals surface area (Å²) in [6.45, 7) is 0. The highest BCUT2D eigenvalue weighted by Gasteiger charge is 2.46. The Balaban J connectivity index is 3.24. The summed E-state index contributed by atoms with van der Waals surface area (Å²) in [5, 5.41) is 80.6. The zero-order chi connectivity index (χ0) is 13.6. The smallest absolute Gasteiger partial charge is 0.407 e. The number of hydroxylamine groups is 3. The molecule has 1 atom stereocenters. The highest BCUT2D eigenvalue weighted by molar-refractivity contribution is 8.23. The molecule has 14 nitrogen and oxygen atoms in total. The van der Waals surface area contributed by atoms with E-state index in [0.29, 0.717) is 0 Å². The summed E-state index contributed by atoms with van der Waals surface area (Å²) in [5.74, 6) is 0. The number of hydrogen-bond acceptors (Lipinski definition) is 11. The Morgan fingerprint density at radius 3 is 1.76 bits per heavy atom. The summed E-state index contributed by atoms with van der Waals surface area (Å²) in [4.78, 5) is -3.35. The van der Waals surface area contributed by atoms with Gasteiger partial charge in [0.25, 0.3) is 0 Å². The van der Waals surface area contributed by atoms with Gasteiger partial charge in [0, 0.05) is 0 Å². The van der Waals surface area contributed by atoms with Gasteiger partial charge in [0.05, 0.1) is 5.08 Å². The monoisotopic (exact) mass is 277 g/mol. The second kappa shape index (κ2) is 3.86. The number of amidine groups is 1. The van der Waals surface area contributed by atoms with Crippen molar-refractivity contribution in [2.24, 2.45) is 5.10 Å². The summed E-state index contributed by atoms with van der Waals surface area (Å²) in [5.41, 5.74) is 0.118. The summed E-state index contributed by atoms with van der Waals surface area (Å²) >= 11 is 0. The van der Waals surface area contributed by atoms with E-state index in [4.69, 9.17) is 31.2 Å². The fourth-order valence-corrected chi connectivity index (χ4v) is 1.95. The highest BCUT2D eigenvalue weighted by atomic mass is 32.2. The van der Waals surface area contributed by atoms with Gasteiger partial charge in [0.15, 0.2) is 5.49 Å². The lowest BCUT2D eigenvalue weighted by atomic mass is 11.2. The lowest BCUT2D eigenvalue weighted by Crippen LogP contribution is -2.47. The average Bonchev–Trinajstić information content (AvgIpc) is 2.42. The Hall–Kier alpha value is -0.790. The van der Waals surface area contributed by atoms with E-state index in [-0.39, 0.29) is 5.49 Å². The fourth-order valence-electron chi connectivity index (χ4n) is 0.757. The van der Waals surface area contributed by atoms with Crippen LogP contribution in [-0.2, 0) is 0 Å². The summed E-state index contributed by atoms with van der Waals surface area (Å²) in [6, 6.07) is 0. The van der Waals surface area contributed by atoms with Crippen molar-refractivity contribution in [3.8, 4) is 0 Å². The van der Waals surface area contributed by atoms with Crippen LogP contribution in [0, 0.1) is 15.6 Å². The van der Waals surface area contributed by atoms with Gasteiger partial charge in [-0.15, -0.1) is 0 Å². The molecule has 1 aliphatic rings. The minimum Gasteiger partial charge on any atom is -0.557 e. The van der Waals surface area contributed by atoms with Crippen LogP contribution in [0.15, 0.2) is 5.10 Å². The first-order valence-corrected chi connectivity index (χ1v) is 4.72. The molecule has 0 aromatic rings. The van der Waals surface area contributed by atoms with Crippen molar-refractivity contribution < 1.29 is 45.7 Å². The molecule has 0 aromatic heterocycles. The zero-order valence-corrected chi connectivity index (χ0v) is 8.45. The maximum Gasteiger partial charge on any atom is 0.407 e. The first kappa shape index (κ1) is 14.3. The molecule has 0 fully saturated rings. The third kappa shape index (κ3) is 3.11. The van der Waals surface area contributed by atoms with Gasteiger partial charge >= 0.3 is 5.17 Å². The first-order valence-electron chi connectivity index (χ1n) is 3.48. The third-order valence-electron chi connectivity index (χ3n) is 1.34. The molecule has 15 heteroatoms. The van der Waals surface area contributed by atoms with Gasteiger partial charge in [-0.3, -0.25) is 0 Å². The minimum absolute atomic E-state index is 0.118. The van der Waals surface area contributed by atoms with Gasteiger partial charge in [-0.25, -0.2) is 0 Å². The van der Waals surface area contributed by atoms with Gasteiger partial charge in [0.2, 0.25) is 10.7 Å². The molecule has 1 aliphatic heterocycles. The molecule has 0 aliphatic carbocycles. The lowest BCUT2D eigenvalue weighted by molar-refractivity contribution is -1.28. The molecule has 0 spiro atoms. The van der Waals surface area contributed by atoms with Crippen molar-refractivity contribution in [3.05, 3.63) is 15.6 Å². The predicted molar refractivity (Wildman–Crippen MR) is 44.5 cm³/mol. The standard InChI is InChI=1S/C2H7N5O9S/c8-5(9,10)2-3-4(6(11,12)13)1-17(2)7(14,15)16/h1,8-9,11-12,14-15H. The van der Waals surface area contributed by atoms with E-state index in [1.807, 2.05) is 0 Å². The Bertz CT molecular complexity index is 342. The molecule has 17 heavy (non-hydrogen) atoms. The molecular formula is C2H7N5O9S. The Labute approximate surface area is 93.8 Å². The number of hydrazone groups is 1. The topological polar surface area (TPSA) is 206 Å². The molecular weight excluding hydrogens is 270 g/mol. The molecule has 6 N–H and O–H groups in total. The third-order valence-corrected chi connectivity index (χ3v) is 2.94. The molecule has 0 radical (unpaired) electrons. The van der Waals surface area contributed by atoms with Crippen LogP contribution in [0.3, 0.4) is 0 Å². The van der Waals surface area contributed by atoms with Crippen molar-refractivity contribution in [1.29, 1.82) is 0 Å². The van der Waals surface area contributed by atoms with Crippen molar-refractivity contribution in [2.75, 3.05) is 0 Å². The quantitative estimate of drug-likeness (QED) is 0.200. The van der Waals surface area contributed by atoms with E-state index in [1.54, 1.807) is 0 Å². The first-order chi connectivity index (χ1) is 7.33. The zero-order valence-electron chi connectivity index (χ0n) is 7.63. The van der Waals surface area contributed by atoms with Gasteiger partial charge in [0.1, 0.15) is 0 Å². The van der Waals surface area contributed by atoms with Crippen LogP contribution in [0.4, 0.5) is 0 Å². The van der Waals surface area contributed by atoms with E-state index in [1.165, 1.54) is 0 Å². The average molecular weight is 277 g/mol. The van der Waals surface area contributed by atoms with Crippen LogP contribution in [-0.4, -0.2) is 61.5 Å². The largest absolute Gasteiger partial charge is 0.557 e. The molecule has 0 saturated carbocycles. The Kier molecular flexibility index (Phi) is 3.24. The fraction of sp³-hybridized carbons (Fsp3) is 0. The van der Waals surface area contributed by atoms with Gasteiger partial charge in [-0.05, 0) is 19.6 Å². The van der Waals surface area contributed by atoms with Gasteiger partial charge < -0.3 is 15.6 Å². The van der Waals surface area contributed by atoms with Crippen molar-refractivity contribution >= 4 is 21.3 Å². The molecule has 0 aromatic carbocycles. The van der Waals surface area contributed by atoms with Crippen LogP contribution >= 0.6 is 10.7 Å². The molecule has 0 bridgehead atoms. The SMILES string of the molecule is [O-][N+](O)(O)C1=NN([N+]([O-])(O)O)C=S1[N+]([O-])(O)O. The second-order valence-corrected chi connectivity index (χ2v) is 4.35. The van der Waals surface area contributed by atoms with E-state index in [9.17, 15) is 15.6 Å². The molecule has 0 saturated heterocycles. The predicted octanol–water partition coefficient (Wildman–Crippen LogP) is -1.29. The van der Waals surface area contributed by atoms with E-state index >= 15 is 0 Å². The number of quaternary nitrogens is 3. The van der Waals surface area contributed by atoms with Crippen LogP contribution < -0.4 is 0 Å². The van der Waals surface area contributed by atoms with Crippen molar-refractivity contribution in [3.63, 3.8) is 0 Å². The van der Waals surface area contributed by atoms with Crippen LogP contribution in [0.1, 0.15) is 0 Å². The van der Waals surface area contributed by atoms with E-state index < -0.39 is 35.4 Å². The summed E-state index contributed by atoms with van der Waals surface area (Å²) < 4.78 is -3.24. The molecule has 100 valence electrons. The van der Waals surface area contributed by atoms with E-state index in [2.05, 4.69) is 5.10 Å². The van der Waals surface area contributed by atoms with Crippen LogP contribution in [0.5, 0.6) is 0 Å². The Morgan fingerprint density at radius 1 is 1.06 bits per heavy atom. The van der Waals surface area contributed by atoms with Crippen LogP contribution in [0.25, 0.3) is 0 Å². The normalized spacial score (nSPS) is 22.5. The highest BCUT2D eigenvalue weighted by Crippen LogP contribution is 2.33. The van der Waals surface area contributed by atoms with E-state index in [0.717, 1.165) is 0 Å². The summed E-state index contributed by atoms with van der Waals surface area (Å²) in [7, 11) is -2.76. The number of nitrogens with zero attached hydrogens (tertiary/aromatic N) is 5. The van der Waals surface area contributed by atoms with Crippen molar-refractivity contribution in [1.82, 2.24) is 5.12 Å². The second-order valence-electron chi connectivity index (χ2n) is 2.67. The maximum absolute atomic E-state index is 10.7. The molecule has 0 amide bonds. The van der Waals surface area contributed by atoms with Gasteiger partial charge in [-0.1, -0.05) is 0 Å². The van der Waals surface area contributed by atoms with Gasteiger partial charge in [-0.2, -0.15) is 31.2 Å². The summed E-state index contributed by atoms with van der Waals surface area (Å²) in [6.07, 6.45) is 0. The lowest BCUT2D eigenvalue weighted by Gasteiger charge is -2.27.